The van der Waals surface area contributed by atoms with Gasteiger partial charge in [-0.25, -0.2) is 4.79 Å². The summed E-state index contributed by atoms with van der Waals surface area (Å²) in [6, 6.07) is 11.3. The number of carbonyl (C=O) groups is 1. The lowest BCUT2D eigenvalue weighted by Crippen LogP contribution is -2.40. The summed E-state index contributed by atoms with van der Waals surface area (Å²) in [6.45, 7) is 0. The maximum Gasteiger partial charge on any atom is 0.433 e. The molecule has 142 valence electrons. The molecule has 0 radical (unpaired) electrons. The van der Waals surface area contributed by atoms with E-state index in [4.69, 9.17) is 23.2 Å². The number of nitrogens with zero attached hydrogens (tertiary/aromatic N) is 2. The smallest absolute Gasteiger partial charge is 0.258 e. The van der Waals surface area contributed by atoms with Crippen molar-refractivity contribution in [3.8, 4) is 11.3 Å². The topological polar surface area (TPSA) is 64.1 Å². The van der Waals surface area contributed by atoms with Crippen LogP contribution in [0, 0.1) is 10.1 Å². The molecule has 0 spiro atoms. The molecule has 1 aliphatic rings. The highest BCUT2D eigenvalue weighted by atomic mass is 127. The van der Waals surface area contributed by atoms with Crippen molar-refractivity contribution in [1.29, 1.82) is 0 Å². The van der Waals surface area contributed by atoms with Crippen LogP contribution in [0.15, 0.2) is 57.1 Å². The minimum Gasteiger partial charge on any atom is -0.258 e. The SMILES string of the molecule is I.O=C1/C(=C/c2ccc(Cl)cc2Cl)Sc2scc(-c3cccc([N+](=O)[O-])c3)[n+]21. The lowest BCUT2D eigenvalue weighted by molar-refractivity contribution is -0.588. The van der Waals surface area contributed by atoms with E-state index in [9.17, 15) is 14.9 Å². The third kappa shape index (κ3) is 3.97. The third-order valence-corrected chi connectivity index (χ3v) is 6.60. The van der Waals surface area contributed by atoms with Crippen LogP contribution in [0.2, 0.25) is 10.0 Å². The van der Waals surface area contributed by atoms with Crippen molar-refractivity contribution in [2.24, 2.45) is 0 Å². The third-order valence-electron chi connectivity index (χ3n) is 3.91. The predicted molar refractivity (Wildman–Crippen MR) is 123 cm³/mol. The van der Waals surface area contributed by atoms with E-state index in [1.54, 1.807) is 41.0 Å². The number of carbonyl (C=O) groups excluding carboxylic acids is 1. The first-order chi connectivity index (χ1) is 12.9. The Labute approximate surface area is 195 Å². The number of allylic oxidation sites excluding steroid dienone is 1. The van der Waals surface area contributed by atoms with Crippen LogP contribution in [0.5, 0.6) is 0 Å². The second kappa shape index (κ2) is 8.50. The minimum atomic E-state index is -0.453. The van der Waals surface area contributed by atoms with Crippen LogP contribution >= 0.6 is 70.3 Å². The fraction of sp³-hybridized carbons (Fsp3) is 0. The number of aromatic nitrogens is 1. The second-order valence-electron chi connectivity index (χ2n) is 5.61. The van der Waals surface area contributed by atoms with E-state index in [0.717, 1.165) is 4.34 Å². The lowest BCUT2D eigenvalue weighted by atomic mass is 10.1. The number of hydrogen-bond donors (Lipinski definition) is 0. The van der Waals surface area contributed by atoms with Gasteiger partial charge in [-0.1, -0.05) is 46.7 Å². The molecular weight excluding hydrogens is 554 g/mol. The van der Waals surface area contributed by atoms with E-state index in [0.29, 0.717) is 31.8 Å². The first-order valence-corrected chi connectivity index (χ1v) is 10.1. The number of fused-ring (bicyclic) bond motifs is 1. The largest absolute Gasteiger partial charge is 0.433 e. The molecule has 0 amide bonds. The molecule has 3 aromatic rings. The number of benzene rings is 2. The number of thioether (sulfide) groups is 1. The standard InChI is InChI=1S/C18H9Cl2N2O3S2.HI/c19-12-5-4-10(14(20)8-12)7-16-17(23)21-15(9-26-18(21)27-16)11-2-1-3-13(6-11)22(24)25;/h1-9H;1H/q+1;/b16-7-;. The molecular formula is C18H10Cl2IN2O3S2+. The Hall–Kier alpha value is -1.46. The zero-order chi connectivity index (χ0) is 19.1. The number of nitro groups is 1. The second-order valence-corrected chi connectivity index (χ2v) is 8.60. The molecule has 2 aromatic carbocycles. The fourth-order valence-electron chi connectivity index (χ4n) is 2.65. The van der Waals surface area contributed by atoms with Gasteiger partial charge in [0.2, 0.25) is 5.69 Å². The van der Waals surface area contributed by atoms with Gasteiger partial charge >= 0.3 is 10.2 Å². The number of nitro benzene ring substituents is 1. The highest BCUT2D eigenvalue weighted by Crippen LogP contribution is 2.39. The van der Waals surface area contributed by atoms with Crippen LogP contribution in [-0.2, 0) is 0 Å². The molecule has 0 unspecified atom stereocenters. The van der Waals surface area contributed by atoms with Gasteiger partial charge in [0, 0.05) is 33.9 Å². The van der Waals surface area contributed by atoms with Gasteiger partial charge in [-0.3, -0.25) is 10.1 Å². The Morgan fingerprint density at radius 2 is 1.93 bits per heavy atom. The van der Waals surface area contributed by atoms with E-state index < -0.39 is 4.92 Å². The Bertz CT molecular complexity index is 1150. The summed E-state index contributed by atoms with van der Waals surface area (Å²) in [7, 11) is 0. The van der Waals surface area contributed by atoms with Crippen LogP contribution in [0.3, 0.4) is 0 Å². The molecule has 0 N–H and O–H groups in total. The van der Waals surface area contributed by atoms with Gasteiger partial charge in [-0.2, -0.15) is 0 Å². The predicted octanol–water partition coefficient (Wildman–Crippen LogP) is 6.32. The van der Waals surface area contributed by atoms with Crippen molar-refractivity contribution >= 4 is 87.9 Å². The molecule has 10 heteroatoms. The number of thiazole rings is 1. The molecule has 5 nitrogen and oxygen atoms in total. The van der Waals surface area contributed by atoms with E-state index in [1.807, 2.05) is 5.38 Å². The average Bonchev–Trinajstić information content (AvgIpc) is 3.18. The maximum absolute atomic E-state index is 12.9. The number of hydrogen-bond acceptors (Lipinski definition) is 5. The summed E-state index contributed by atoms with van der Waals surface area (Å²) in [5.74, 6) is -0.191. The van der Waals surface area contributed by atoms with E-state index in [1.165, 1.54) is 35.2 Å². The summed E-state index contributed by atoms with van der Waals surface area (Å²) < 4.78 is 2.36. The lowest BCUT2D eigenvalue weighted by Gasteiger charge is -1.99. The Kier molecular flexibility index (Phi) is 6.45. The molecule has 0 bridgehead atoms. The molecule has 0 aliphatic carbocycles. The quantitative estimate of drug-likeness (QED) is 0.123. The summed E-state index contributed by atoms with van der Waals surface area (Å²) in [5.41, 5.74) is 1.92. The fourth-order valence-corrected chi connectivity index (χ4v) is 5.28. The van der Waals surface area contributed by atoms with Crippen LogP contribution in [0.1, 0.15) is 10.4 Å². The van der Waals surface area contributed by atoms with Gasteiger partial charge in [0.1, 0.15) is 4.91 Å². The van der Waals surface area contributed by atoms with Gasteiger partial charge in [0.05, 0.1) is 15.9 Å². The molecule has 1 aromatic heterocycles. The Balaban J connectivity index is 0.00000225. The van der Waals surface area contributed by atoms with E-state index in [2.05, 4.69) is 0 Å². The van der Waals surface area contributed by atoms with Gasteiger partial charge in [0.25, 0.3) is 5.69 Å². The first-order valence-electron chi connectivity index (χ1n) is 7.62. The van der Waals surface area contributed by atoms with Gasteiger partial charge < -0.3 is 0 Å². The summed E-state index contributed by atoms with van der Waals surface area (Å²) in [5, 5.41) is 13.8. The molecule has 1 aliphatic heterocycles. The Morgan fingerprint density at radius 1 is 1.14 bits per heavy atom. The van der Waals surface area contributed by atoms with Crippen LogP contribution in [0.4, 0.5) is 5.69 Å². The van der Waals surface area contributed by atoms with Gasteiger partial charge in [-0.15, -0.1) is 28.5 Å². The van der Waals surface area contributed by atoms with Crippen LogP contribution in [-0.4, -0.2) is 10.8 Å². The van der Waals surface area contributed by atoms with Crippen molar-refractivity contribution < 1.29 is 14.3 Å². The highest BCUT2D eigenvalue weighted by Gasteiger charge is 2.41. The first kappa shape index (κ1) is 21.3. The normalized spacial score (nSPS) is 14.1. The van der Waals surface area contributed by atoms with Crippen LogP contribution in [0.25, 0.3) is 17.3 Å². The van der Waals surface area contributed by atoms with Crippen molar-refractivity contribution in [3.63, 3.8) is 0 Å². The molecule has 0 saturated carbocycles. The van der Waals surface area contributed by atoms with E-state index >= 15 is 0 Å². The zero-order valence-corrected chi connectivity index (χ0v) is 19.3. The average molecular weight is 564 g/mol. The number of halogens is 3. The molecule has 0 atom stereocenters. The molecule has 0 saturated heterocycles. The van der Waals surface area contributed by atoms with Crippen molar-refractivity contribution in [3.05, 3.63) is 78.5 Å². The van der Waals surface area contributed by atoms with Gasteiger partial charge in [0.15, 0.2) is 0 Å². The number of non-ortho nitro benzene ring substituents is 1. The monoisotopic (exact) mass is 563 g/mol. The molecule has 0 fully saturated rings. The van der Waals surface area contributed by atoms with Crippen molar-refractivity contribution in [2.45, 2.75) is 4.34 Å². The van der Waals surface area contributed by atoms with Crippen molar-refractivity contribution in [1.82, 2.24) is 0 Å². The summed E-state index contributed by atoms with van der Waals surface area (Å²) in [6.07, 6.45) is 1.72. The summed E-state index contributed by atoms with van der Waals surface area (Å²) in [4.78, 5) is 24.0. The minimum absolute atomic E-state index is 0. The zero-order valence-electron chi connectivity index (χ0n) is 13.8. The molecule has 4 rings (SSSR count). The molecule has 28 heavy (non-hydrogen) atoms. The highest BCUT2D eigenvalue weighted by molar-refractivity contribution is 14.0. The van der Waals surface area contributed by atoms with E-state index in [-0.39, 0.29) is 35.6 Å². The van der Waals surface area contributed by atoms with Crippen molar-refractivity contribution in [2.75, 3.05) is 0 Å². The summed E-state index contributed by atoms with van der Waals surface area (Å²) >= 11 is 14.9. The van der Waals surface area contributed by atoms with Gasteiger partial charge in [-0.05, 0) is 29.8 Å². The Morgan fingerprint density at radius 3 is 2.64 bits per heavy atom. The maximum atomic E-state index is 12.9. The number of rotatable bonds is 3. The van der Waals surface area contributed by atoms with Crippen LogP contribution < -0.4 is 4.57 Å². The molecule has 2 heterocycles.